The van der Waals surface area contributed by atoms with Crippen molar-refractivity contribution < 1.29 is 14.1 Å². The number of ether oxygens (including phenoxy) is 1. The van der Waals surface area contributed by atoms with Gasteiger partial charge < -0.3 is 9.26 Å². The van der Waals surface area contributed by atoms with Gasteiger partial charge in [0.2, 0.25) is 0 Å². The molecule has 1 spiro atoms. The number of hydrogen-bond acceptors (Lipinski definition) is 6. The molecule has 4 rings (SSSR count). The van der Waals surface area contributed by atoms with Gasteiger partial charge in [0.15, 0.2) is 23.1 Å². The zero-order valence-corrected chi connectivity index (χ0v) is 13.7. The van der Waals surface area contributed by atoms with E-state index in [4.69, 9.17) is 32.5 Å². The summed E-state index contributed by atoms with van der Waals surface area (Å²) in [5.41, 5.74) is 0.634. The van der Waals surface area contributed by atoms with Crippen molar-refractivity contribution in [1.29, 1.82) is 0 Å². The summed E-state index contributed by atoms with van der Waals surface area (Å²) in [5, 5.41) is 4.58. The van der Waals surface area contributed by atoms with Crippen molar-refractivity contribution in [2.45, 2.75) is 31.1 Å². The summed E-state index contributed by atoms with van der Waals surface area (Å²) >= 11 is 11.9. The maximum atomic E-state index is 12.5. The average Bonchev–Trinajstić information content (AvgIpc) is 2.95. The molecule has 2 aromatic rings. The van der Waals surface area contributed by atoms with E-state index in [0.29, 0.717) is 43.3 Å². The molecule has 1 saturated heterocycles. The number of carbonyl (C=O) groups excluding carboxylic acids is 1. The second-order valence-corrected chi connectivity index (χ2v) is 6.61. The lowest BCUT2D eigenvalue weighted by Gasteiger charge is -2.36. The Balaban J connectivity index is 1.84. The first-order valence-electron chi connectivity index (χ1n) is 7.41. The third-order valence-corrected chi connectivity index (χ3v) is 4.87. The van der Waals surface area contributed by atoms with Crippen LogP contribution < -0.4 is 0 Å². The van der Waals surface area contributed by atoms with Crippen LogP contribution in [0.25, 0.3) is 11.5 Å². The number of fused-ring (bicyclic) bond motifs is 2. The van der Waals surface area contributed by atoms with E-state index in [2.05, 4.69) is 15.1 Å². The smallest absolute Gasteiger partial charge is 0.184 e. The SMILES string of the molecule is O=C1CCOC[C@@]12CCCc1c(-c3nc(Cl)cc(Cl)n3)noc12. The van der Waals surface area contributed by atoms with Gasteiger partial charge in [0, 0.05) is 18.1 Å². The van der Waals surface area contributed by atoms with Crippen LogP contribution in [0.5, 0.6) is 0 Å². The minimum Gasteiger partial charge on any atom is -0.379 e. The van der Waals surface area contributed by atoms with Gasteiger partial charge in [-0.25, -0.2) is 9.97 Å². The molecule has 23 heavy (non-hydrogen) atoms. The molecule has 1 aliphatic heterocycles. The van der Waals surface area contributed by atoms with Crippen LogP contribution in [0.4, 0.5) is 0 Å². The van der Waals surface area contributed by atoms with Crippen molar-refractivity contribution in [2.75, 3.05) is 13.2 Å². The van der Waals surface area contributed by atoms with Crippen LogP contribution in [0, 0.1) is 0 Å². The maximum Gasteiger partial charge on any atom is 0.184 e. The molecule has 0 radical (unpaired) electrons. The molecule has 3 heterocycles. The second kappa shape index (κ2) is 5.54. The number of hydrogen-bond donors (Lipinski definition) is 0. The van der Waals surface area contributed by atoms with E-state index >= 15 is 0 Å². The summed E-state index contributed by atoms with van der Waals surface area (Å²) in [5.74, 6) is 1.05. The Hall–Kier alpha value is -1.50. The zero-order chi connectivity index (χ0) is 16.0. The lowest BCUT2D eigenvalue weighted by Crippen LogP contribution is -2.46. The van der Waals surface area contributed by atoms with Crippen LogP contribution in [0.1, 0.15) is 30.6 Å². The Kier molecular flexibility index (Phi) is 3.63. The minimum atomic E-state index is -0.723. The molecule has 0 saturated carbocycles. The third-order valence-electron chi connectivity index (χ3n) is 4.48. The highest BCUT2D eigenvalue weighted by atomic mass is 35.5. The van der Waals surface area contributed by atoms with Crippen LogP contribution in [-0.2, 0) is 21.4 Å². The van der Waals surface area contributed by atoms with Crippen molar-refractivity contribution in [3.63, 3.8) is 0 Å². The monoisotopic (exact) mass is 353 g/mol. The zero-order valence-electron chi connectivity index (χ0n) is 12.1. The minimum absolute atomic E-state index is 0.150. The van der Waals surface area contributed by atoms with E-state index in [0.717, 1.165) is 18.4 Å². The van der Waals surface area contributed by atoms with E-state index in [1.54, 1.807) is 0 Å². The molecular formula is C15H13Cl2N3O3. The quantitative estimate of drug-likeness (QED) is 0.733. The van der Waals surface area contributed by atoms with Gasteiger partial charge in [-0.1, -0.05) is 28.4 Å². The maximum absolute atomic E-state index is 12.5. The summed E-state index contributed by atoms with van der Waals surface area (Å²) in [6, 6.07) is 1.46. The Morgan fingerprint density at radius 1 is 1.17 bits per heavy atom. The van der Waals surface area contributed by atoms with Crippen LogP contribution in [0.15, 0.2) is 10.6 Å². The lowest BCUT2D eigenvalue weighted by atomic mass is 9.69. The summed E-state index contributed by atoms with van der Waals surface area (Å²) in [7, 11) is 0. The topological polar surface area (TPSA) is 78.1 Å². The molecule has 0 N–H and O–H groups in total. The average molecular weight is 354 g/mol. The van der Waals surface area contributed by atoms with Crippen LogP contribution >= 0.6 is 23.2 Å². The van der Waals surface area contributed by atoms with Gasteiger partial charge >= 0.3 is 0 Å². The van der Waals surface area contributed by atoms with Crippen molar-refractivity contribution >= 4 is 29.0 Å². The molecule has 0 aromatic carbocycles. The van der Waals surface area contributed by atoms with Gasteiger partial charge in [0.05, 0.1) is 13.2 Å². The lowest BCUT2D eigenvalue weighted by molar-refractivity contribution is -0.135. The van der Waals surface area contributed by atoms with Crippen molar-refractivity contribution in [1.82, 2.24) is 15.1 Å². The first-order valence-corrected chi connectivity index (χ1v) is 8.16. The van der Waals surface area contributed by atoms with Crippen LogP contribution in [0.2, 0.25) is 10.3 Å². The van der Waals surface area contributed by atoms with Gasteiger partial charge in [-0.3, -0.25) is 4.79 Å². The van der Waals surface area contributed by atoms with Crippen molar-refractivity contribution in [3.8, 4) is 11.5 Å². The fraction of sp³-hybridized carbons (Fsp3) is 0.467. The molecular weight excluding hydrogens is 341 g/mol. The van der Waals surface area contributed by atoms with Crippen molar-refractivity contribution in [3.05, 3.63) is 27.7 Å². The van der Waals surface area contributed by atoms with E-state index in [1.807, 2.05) is 0 Å². The van der Waals surface area contributed by atoms with E-state index in [9.17, 15) is 4.79 Å². The van der Waals surface area contributed by atoms with Gasteiger partial charge in [0.1, 0.15) is 15.7 Å². The molecule has 8 heteroatoms. The summed E-state index contributed by atoms with van der Waals surface area (Å²) in [4.78, 5) is 20.9. The van der Waals surface area contributed by atoms with Gasteiger partial charge in [0.25, 0.3) is 0 Å². The van der Waals surface area contributed by atoms with E-state index < -0.39 is 5.41 Å². The predicted molar refractivity (Wildman–Crippen MR) is 82.6 cm³/mol. The van der Waals surface area contributed by atoms with E-state index in [-0.39, 0.29) is 16.1 Å². The number of aromatic nitrogens is 3. The number of halogens is 2. The molecule has 0 bridgehead atoms. The Morgan fingerprint density at radius 3 is 2.70 bits per heavy atom. The van der Waals surface area contributed by atoms with E-state index in [1.165, 1.54) is 6.07 Å². The number of rotatable bonds is 1. The Labute approximate surface area is 142 Å². The molecule has 120 valence electrons. The molecule has 2 aromatic heterocycles. The number of ketones is 1. The fourth-order valence-corrected chi connectivity index (χ4v) is 3.83. The van der Waals surface area contributed by atoms with Gasteiger partial charge in [-0.2, -0.15) is 0 Å². The van der Waals surface area contributed by atoms with Crippen LogP contribution in [0.3, 0.4) is 0 Å². The van der Waals surface area contributed by atoms with Gasteiger partial charge in [-0.15, -0.1) is 0 Å². The molecule has 1 fully saturated rings. The predicted octanol–water partition coefficient (Wildman–Crippen LogP) is 3.00. The standard InChI is InChI=1S/C15H13Cl2N3O3/c16-10-6-11(17)19-14(18-10)12-8-2-1-4-15(13(8)23-20-12)7-22-5-3-9(15)21/h6H,1-5,7H2/t15-/m0/s1. The van der Waals surface area contributed by atoms with Gasteiger partial charge in [-0.05, 0) is 19.3 Å². The number of nitrogens with zero attached hydrogens (tertiary/aromatic N) is 3. The highest BCUT2D eigenvalue weighted by Gasteiger charge is 2.49. The Bertz CT molecular complexity index is 772. The first kappa shape index (κ1) is 15.1. The highest BCUT2D eigenvalue weighted by molar-refractivity contribution is 6.33. The number of Topliss-reactive ketones (excluding diaryl/α,β-unsaturated/α-hetero) is 1. The summed E-state index contributed by atoms with van der Waals surface area (Å²) < 4.78 is 11.1. The second-order valence-electron chi connectivity index (χ2n) is 5.84. The normalized spacial score (nSPS) is 24.0. The Morgan fingerprint density at radius 2 is 1.96 bits per heavy atom. The summed E-state index contributed by atoms with van der Waals surface area (Å²) in [6.07, 6.45) is 2.71. The molecule has 1 aliphatic carbocycles. The third kappa shape index (κ3) is 2.36. The van der Waals surface area contributed by atoms with Crippen molar-refractivity contribution in [2.24, 2.45) is 0 Å². The highest BCUT2D eigenvalue weighted by Crippen LogP contribution is 2.43. The van der Waals surface area contributed by atoms with Crippen LogP contribution in [-0.4, -0.2) is 34.1 Å². The largest absolute Gasteiger partial charge is 0.379 e. The molecule has 6 nitrogen and oxygen atoms in total. The first-order chi connectivity index (χ1) is 11.1. The molecule has 0 unspecified atom stereocenters. The molecule has 2 aliphatic rings. The molecule has 1 atom stereocenters. The molecule has 0 amide bonds. The summed E-state index contributed by atoms with van der Waals surface area (Å²) in [6.45, 7) is 0.800. The number of carbonyl (C=O) groups is 1. The fourth-order valence-electron chi connectivity index (χ4n) is 3.40.